The molecule has 2 heterocycles. The molecule has 0 saturated carbocycles. The van der Waals surface area contributed by atoms with Crippen molar-refractivity contribution in [1.82, 2.24) is 4.90 Å². The number of alkyl halides is 3. The monoisotopic (exact) mass is 401 g/mol. The minimum atomic E-state index is -4.53. The lowest BCUT2D eigenvalue weighted by atomic mass is 9.87. The number of nitrogens with zero attached hydrogens (tertiary/aromatic N) is 1. The summed E-state index contributed by atoms with van der Waals surface area (Å²) in [6.07, 6.45) is -3.45. The molecule has 1 N–H and O–H groups in total. The maximum Gasteiger partial charge on any atom is 0.417 e. The molecular weight excluding hydrogens is 379 g/mol. The first kappa shape index (κ1) is 21.2. The van der Waals surface area contributed by atoms with E-state index in [9.17, 15) is 27.9 Å². The van der Waals surface area contributed by atoms with Gasteiger partial charge in [0.25, 0.3) is 0 Å². The van der Waals surface area contributed by atoms with Crippen LogP contribution >= 0.6 is 11.3 Å². The van der Waals surface area contributed by atoms with E-state index in [2.05, 4.69) is 0 Å². The summed E-state index contributed by atoms with van der Waals surface area (Å²) in [5.41, 5.74) is -0.327. The Morgan fingerprint density at radius 1 is 1.19 bits per heavy atom. The first-order chi connectivity index (χ1) is 12.7. The van der Waals surface area contributed by atoms with Gasteiger partial charge in [0, 0.05) is 24.7 Å². The van der Waals surface area contributed by atoms with E-state index in [1.54, 1.807) is 11.0 Å². The van der Waals surface area contributed by atoms with Crippen LogP contribution in [0.4, 0.5) is 13.2 Å². The maximum atomic E-state index is 13.3. The lowest BCUT2D eigenvalue weighted by Gasteiger charge is -2.31. The number of thiophene rings is 1. The molecule has 1 fully saturated rings. The van der Waals surface area contributed by atoms with E-state index >= 15 is 0 Å². The van der Waals surface area contributed by atoms with E-state index in [0.717, 1.165) is 6.07 Å². The third-order valence-corrected chi connectivity index (χ3v) is 5.84. The van der Waals surface area contributed by atoms with Crippen LogP contribution in [-0.2, 0) is 11.0 Å². The lowest BCUT2D eigenvalue weighted by molar-refractivity contribution is -0.136. The first-order valence-electron chi connectivity index (χ1n) is 8.81. The van der Waals surface area contributed by atoms with E-state index in [1.165, 1.54) is 13.0 Å². The fraction of sp³-hybridized carbons (Fsp3) is 0.474. The van der Waals surface area contributed by atoms with Gasteiger partial charge in [-0.05, 0) is 35.8 Å². The summed E-state index contributed by atoms with van der Waals surface area (Å²) < 4.78 is 39.7. The summed E-state index contributed by atoms with van der Waals surface area (Å²) in [7, 11) is 0. The molecule has 3 rings (SSSR count). The molecule has 0 bridgehead atoms. The van der Waals surface area contributed by atoms with Gasteiger partial charge in [-0.1, -0.05) is 26.0 Å². The van der Waals surface area contributed by atoms with E-state index in [0.29, 0.717) is 48.2 Å². The van der Waals surface area contributed by atoms with Gasteiger partial charge in [-0.3, -0.25) is 4.79 Å². The SMILES string of the molecule is CC.CC(=O)N1CCC(c2c(C(=O)O)sc3c(C(F)(F)F)cccc23)CC1. The van der Waals surface area contributed by atoms with Gasteiger partial charge in [0.2, 0.25) is 5.91 Å². The molecule has 0 aliphatic carbocycles. The largest absolute Gasteiger partial charge is 0.477 e. The van der Waals surface area contributed by atoms with Gasteiger partial charge < -0.3 is 10.0 Å². The lowest BCUT2D eigenvalue weighted by Crippen LogP contribution is -2.36. The Kier molecular flexibility index (Phi) is 6.51. The van der Waals surface area contributed by atoms with Crippen LogP contribution in [0.5, 0.6) is 0 Å². The predicted molar refractivity (Wildman–Crippen MR) is 99.4 cm³/mol. The fourth-order valence-corrected chi connectivity index (χ4v) is 4.67. The van der Waals surface area contributed by atoms with Crippen molar-refractivity contribution >= 4 is 33.3 Å². The quantitative estimate of drug-likeness (QED) is 0.736. The summed E-state index contributed by atoms with van der Waals surface area (Å²) in [6, 6.07) is 3.85. The highest BCUT2D eigenvalue weighted by Gasteiger charge is 2.36. The van der Waals surface area contributed by atoms with Crippen molar-refractivity contribution < 1.29 is 27.9 Å². The number of carboxylic acid groups (broad SMARTS) is 1. The zero-order valence-corrected chi connectivity index (χ0v) is 16.2. The molecule has 4 nitrogen and oxygen atoms in total. The number of fused-ring (bicyclic) bond motifs is 1. The molecule has 1 aliphatic heterocycles. The Bertz CT molecular complexity index is 837. The third kappa shape index (κ3) is 4.26. The summed E-state index contributed by atoms with van der Waals surface area (Å²) in [5.74, 6) is -1.43. The average molecular weight is 401 g/mol. The Balaban J connectivity index is 0.00000126. The van der Waals surface area contributed by atoms with Crippen molar-refractivity contribution in [2.45, 2.75) is 45.7 Å². The number of rotatable bonds is 2. The number of carbonyl (C=O) groups excluding carboxylic acids is 1. The van der Waals surface area contributed by atoms with Crippen LogP contribution in [0.3, 0.4) is 0 Å². The molecule has 1 saturated heterocycles. The second-order valence-corrected chi connectivity index (χ2v) is 7.13. The van der Waals surface area contributed by atoms with Crippen molar-refractivity contribution in [1.29, 1.82) is 0 Å². The minimum Gasteiger partial charge on any atom is -0.477 e. The van der Waals surface area contributed by atoms with Crippen LogP contribution in [0.25, 0.3) is 10.1 Å². The smallest absolute Gasteiger partial charge is 0.417 e. The minimum absolute atomic E-state index is 0.0311. The van der Waals surface area contributed by atoms with Crippen LogP contribution in [0, 0.1) is 0 Å². The molecule has 2 aromatic rings. The van der Waals surface area contributed by atoms with Crippen molar-refractivity contribution in [3.63, 3.8) is 0 Å². The van der Waals surface area contributed by atoms with Gasteiger partial charge >= 0.3 is 12.1 Å². The fourth-order valence-electron chi connectivity index (χ4n) is 3.41. The number of carboxylic acids is 1. The van der Waals surface area contributed by atoms with Gasteiger partial charge in [0.05, 0.1) is 5.56 Å². The highest BCUT2D eigenvalue weighted by atomic mass is 32.1. The van der Waals surface area contributed by atoms with Gasteiger partial charge in [0.1, 0.15) is 4.88 Å². The standard InChI is InChI=1S/C17H16F3NO3S.C2H6/c1-9(22)21-7-5-10(6-8-21)13-11-3-2-4-12(17(18,19)20)14(11)25-15(13)16(23)24;1-2/h2-4,10H,5-8H2,1H3,(H,23,24);1-2H3. The number of halogens is 3. The second kappa shape index (κ2) is 8.29. The van der Waals surface area contributed by atoms with Crippen molar-refractivity contribution in [3.05, 3.63) is 34.2 Å². The molecular formula is C19H22F3NO3S. The third-order valence-electron chi connectivity index (χ3n) is 4.60. The Labute approximate surface area is 159 Å². The number of likely N-dealkylation sites (tertiary alicyclic amines) is 1. The molecule has 0 unspecified atom stereocenters. The van der Waals surface area contributed by atoms with E-state index in [4.69, 9.17) is 0 Å². The van der Waals surface area contributed by atoms with Crippen LogP contribution in [0.1, 0.15) is 60.3 Å². The van der Waals surface area contributed by atoms with Crippen LogP contribution in [0.2, 0.25) is 0 Å². The second-order valence-electron chi connectivity index (χ2n) is 6.11. The Hall–Kier alpha value is -2.09. The number of amides is 1. The number of carbonyl (C=O) groups is 2. The molecule has 1 aromatic carbocycles. The van der Waals surface area contributed by atoms with E-state index in [-0.39, 0.29) is 21.4 Å². The summed E-state index contributed by atoms with van der Waals surface area (Å²) in [6.45, 7) is 6.43. The van der Waals surface area contributed by atoms with Crippen LogP contribution < -0.4 is 0 Å². The Morgan fingerprint density at radius 2 is 1.78 bits per heavy atom. The molecule has 0 spiro atoms. The Morgan fingerprint density at radius 3 is 2.26 bits per heavy atom. The molecule has 1 amide bonds. The molecule has 27 heavy (non-hydrogen) atoms. The average Bonchev–Trinajstić information content (AvgIpc) is 3.02. The van der Waals surface area contributed by atoms with Gasteiger partial charge in [-0.2, -0.15) is 13.2 Å². The van der Waals surface area contributed by atoms with Crippen molar-refractivity contribution in [2.75, 3.05) is 13.1 Å². The molecule has 0 atom stereocenters. The molecule has 0 radical (unpaired) electrons. The number of hydrogen-bond donors (Lipinski definition) is 1. The summed E-state index contributed by atoms with van der Waals surface area (Å²) in [4.78, 5) is 24.7. The summed E-state index contributed by atoms with van der Waals surface area (Å²) in [5, 5.41) is 9.86. The topological polar surface area (TPSA) is 57.6 Å². The summed E-state index contributed by atoms with van der Waals surface area (Å²) >= 11 is 0.686. The molecule has 8 heteroatoms. The van der Waals surface area contributed by atoms with Gasteiger partial charge in [-0.25, -0.2) is 4.79 Å². The first-order valence-corrected chi connectivity index (χ1v) is 9.63. The molecule has 148 valence electrons. The van der Waals surface area contributed by atoms with Crippen molar-refractivity contribution in [3.8, 4) is 0 Å². The van der Waals surface area contributed by atoms with Gasteiger partial charge in [0.15, 0.2) is 0 Å². The van der Waals surface area contributed by atoms with Gasteiger partial charge in [-0.15, -0.1) is 11.3 Å². The zero-order chi connectivity index (χ0) is 20.4. The van der Waals surface area contributed by atoms with Crippen molar-refractivity contribution in [2.24, 2.45) is 0 Å². The number of hydrogen-bond acceptors (Lipinski definition) is 3. The highest BCUT2D eigenvalue weighted by Crippen LogP contribution is 2.45. The number of aromatic carboxylic acids is 1. The number of benzene rings is 1. The predicted octanol–water partition coefficient (Wildman–Crippen LogP) is 5.37. The molecule has 1 aromatic heterocycles. The zero-order valence-electron chi connectivity index (χ0n) is 15.4. The van der Waals surface area contributed by atoms with Crippen LogP contribution in [-0.4, -0.2) is 35.0 Å². The van der Waals surface area contributed by atoms with Crippen LogP contribution in [0.15, 0.2) is 18.2 Å². The highest BCUT2D eigenvalue weighted by molar-refractivity contribution is 7.21. The number of piperidine rings is 1. The van der Waals surface area contributed by atoms with E-state index < -0.39 is 17.7 Å². The van der Waals surface area contributed by atoms with E-state index in [1.807, 2.05) is 13.8 Å². The molecule has 1 aliphatic rings. The maximum absolute atomic E-state index is 13.3. The normalized spacial score (nSPS) is 15.4.